The minimum Gasteiger partial charge on any atom is -0.497 e. The Labute approximate surface area is 156 Å². The molecule has 0 spiro atoms. The van der Waals surface area contributed by atoms with E-state index in [1.165, 1.54) is 13.2 Å². The van der Waals surface area contributed by atoms with Crippen LogP contribution in [-0.4, -0.2) is 32.6 Å². The first-order valence-corrected chi connectivity index (χ1v) is 9.58. The zero-order chi connectivity index (χ0) is 18.9. The fourth-order valence-electron chi connectivity index (χ4n) is 2.86. The van der Waals surface area contributed by atoms with Gasteiger partial charge in [-0.1, -0.05) is 29.8 Å². The third-order valence-corrected chi connectivity index (χ3v) is 5.93. The Hall–Kier alpha value is -2.51. The second kappa shape index (κ2) is 7.01. The molecule has 136 valence electrons. The number of hydrogen-bond acceptors (Lipinski definition) is 4. The average Bonchev–Trinajstić information content (AvgIpc) is 3.00. The zero-order valence-electron chi connectivity index (χ0n) is 13.8. The lowest BCUT2D eigenvalue weighted by Crippen LogP contribution is -2.41. The van der Waals surface area contributed by atoms with Crippen molar-refractivity contribution >= 4 is 39.4 Å². The molecule has 1 atom stereocenters. The van der Waals surface area contributed by atoms with E-state index in [0.717, 1.165) is 9.71 Å². The maximum Gasteiger partial charge on any atom is 0.327 e. The largest absolute Gasteiger partial charge is 0.497 e. The third-order valence-electron chi connectivity index (χ3n) is 4.10. The SMILES string of the molecule is COc1ccc2c(c1)CC(C(=O)O)N2S(=O)(=O)/C=C/c1ccccc1Cl. The minimum absolute atomic E-state index is 0.0705. The molecule has 8 heteroatoms. The summed E-state index contributed by atoms with van der Waals surface area (Å²) in [6.07, 6.45) is 1.43. The van der Waals surface area contributed by atoms with Crippen molar-refractivity contribution in [3.8, 4) is 5.75 Å². The molecular formula is C18H16ClNO5S. The molecule has 6 nitrogen and oxygen atoms in total. The fourth-order valence-corrected chi connectivity index (χ4v) is 4.48. The molecule has 0 bridgehead atoms. The van der Waals surface area contributed by atoms with E-state index in [-0.39, 0.29) is 6.42 Å². The maximum absolute atomic E-state index is 12.9. The Morgan fingerprint density at radius 1 is 1.31 bits per heavy atom. The molecule has 0 radical (unpaired) electrons. The molecule has 1 aliphatic rings. The van der Waals surface area contributed by atoms with Crippen LogP contribution in [0.4, 0.5) is 5.69 Å². The quantitative estimate of drug-likeness (QED) is 0.843. The maximum atomic E-state index is 12.9. The number of aliphatic carboxylic acids is 1. The van der Waals surface area contributed by atoms with Crippen molar-refractivity contribution in [2.75, 3.05) is 11.4 Å². The summed E-state index contributed by atoms with van der Waals surface area (Å²) in [7, 11) is -2.54. The first kappa shape index (κ1) is 18.3. The fraction of sp³-hybridized carbons (Fsp3) is 0.167. The Bertz CT molecular complexity index is 987. The molecule has 1 unspecified atom stereocenters. The first-order valence-electron chi connectivity index (χ1n) is 7.70. The number of halogens is 1. The Balaban J connectivity index is 2.02. The molecule has 1 heterocycles. The number of benzene rings is 2. The van der Waals surface area contributed by atoms with Gasteiger partial charge in [0.25, 0.3) is 10.0 Å². The first-order chi connectivity index (χ1) is 12.3. The van der Waals surface area contributed by atoms with Gasteiger partial charge in [-0.05, 0) is 41.5 Å². The van der Waals surface area contributed by atoms with Crippen LogP contribution < -0.4 is 9.04 Å². The van der Waals surface area contributed by atoms with E-state index in [1.807, 2.05) is 0 Å². The van der Waals surface area contributed by atoms with Crippen molar-refractivity contribution in [3.05, 3.63) is 64.0 Å². The topological polar surface area (TPSA) is 83.9 Å². The van der Waals surface area contributed by atoms with Gasteiger partial charge in [0.1, 0.15) is 11.8 Å². The molecule has 3 rings (SSSR count). The predicted octanol–water partition coefficient (Wildman–Crippen LogP) is 3.17. The lowest BCUT2D eigenvalue weighted by atomic mass is 10.1. The molecule has 1 N–H and O–H groups in total. The van der Waals surface area contributed by atoms with Gasteiger partial charge in [-0.3, -0.25) is 4.31 Å². The number of methoxy groups -OCH3 is 1. The summed E-state index contributed by atoms with van der Waals surface area (Å²) >= 11 is 6.04. The highest BCUT2D eigenvalue weighted by atomic mass is 35.5. The van der Waals surface area contributed by atoms with Crippen LogP contribution in [0.3, 0.4) is 0 Å². The van der Waals surface area contributed by atoms with Gasteiger partial charge in [0.2, 0.25) is 0 Å². The molecule has 26 heavy (non-hydrogen) atoms. The van der Waals surface area contributed by atoms with E-state index in [2.05, 4.69) is 0 Å². The van der Waals surface area contributed by atoms with Gasteiger partial charge in [-0.15, -0.1) is 0 Å². The van der Waals surface area contributed by atoms with Crippen LogP contribution in [0, 0.1) is 0 Å². The molecule has 2 aromatic rings. The summed E-state index contributed by atoms with van der Waals surface area (Å²) in [6.45, 7) is 0. The summed E-state index contributed by atoms with van der Waals surface area (Å²) in [4.78, 5) is 11.6. The number of hydrogen-bond donors (Lipinski definition) is 1. The van der Waals surface area contributed by atoms with Crippen molar-refractivity contribution in [3.63, 3.8) is 0 Å². The van der Waals surface area contributed by atoms with Gasteiger partial charge >= 0.3 is 5.97 Å². The molecule has 0 aromatic heterocycles. The second-order valence-electron chi connectivity index (χ2n) is 5.72. The van der Waals surface area contributed by atoms with Gasteiger partial charge in [0.05, 0.1) is 18.2 Å². The van der Waals surface area contributed by atoms with Crippen LogP contribution in [0.5, 0.6) is 5.75 Å². The highest BCUT2D eigenvalue weighted by Gasteiger charge is 2.40. The van der Waals surface area contributed by atoms with Crippen LogP contribution in [0.25, 0.3) is 6.08 Å². The van der Waals surface area contributed by atoms with Gasteiger partial charge < -0.3 is 9.84 Å². The summed E-state index contributed by atoms with van der Waals surface area (Å²) in [5.41, 5.74) is 1.47. The number of carboxylic acid groups (broad SMARTS) is 1. The Morgan fingerprint density at radius 2 is 2.04 bits per heavy atom. The van der Waals surface area contributed by atoms with Crippen LogP contribution >= 0.6 is 11.6 Å². The van der Waals surface area contributed by atoms with Crippen molar-refractivity contribution in [2.24, 2.45) is 0 Å². The summed E-state index contributed by atoms with van der Waals surface area (Å²) in [6, 6.07) is 10.4. The van der Waals surface area contributed by atoms with Gasteiger partial charge in [0, 0.05) is 11.4 Å². The highest BCUT2D eigenvalue weighted by Crippen LogP contribution is 2.37. The van der Waals surface area contributed by atoms with Crippen molar-refractivity contribution in [1.29, 1.82) is 0 Å². The molecule has 0 saturated heterocycles. The molecule has 1 aliphatic heterocycles. The van der Waals surface area contributed by atoms with E-state index in [4.69, 9.17) is 16.3 Å². The lowest BCUT2D eigenvalue weighted by Gasteiger charge is -2.22. The molecule has 0 amide bonds. The van der Waals surface area contributed by atoms with Gasteiger partial charge in [-0.25, -0.2) is 13.2 Å². The smallest absolute Gasteiger partial charge is 0.327 e. The zero-order valence-corrected chi connectivity index (χ0v) is 15.4. The number of anilines is 1. The van der Waals surface area contributed by atoms with Crippen LogP contribution in [0.15, 0.2) is 47.9 Å². The third kappa shape index (κ3) is 3.40. The van der Waals surface area contributed by atoms with Crippen LogP contribution in [-0.2, 0) is 21.2 Å². The molecule has 0 aliphatic carbocycles. The molecule has 0 fully saturated rings. The van der Waals surface area contributed by atoms with Gasteiger partial charge in [0.15, 0.2) is 0 Å². The summed E-state index contributed by atoms with van der Waals surface area (Å²) in [5, 5.41) is 10.9. The number of rotatable bonds is 5. The van der Waals surface area contributed by atoms with Crippen molar-refractivity contribution in [2.45, 2.75) is 12.5 Å². The normalized spacial score (nSPS) is 16.7. The van der Waals surface area contributed by atoms with E-state index in [1.54, 1.807) is 42.5 Å². The monoisotopic (exact) mass is 393 g/mol. The number of ether oxygens (including phenoxy) is 1. The van der Waals surface area contributed by atoms with E-state index < -0.39 is 22.0 Å². The summed E-state index contributed by atoms with van der Waals surface area (Å²) < 4.78 is 31.8. The number of carbonyl (C=O) groups is 1. The van der Waals surface area contributed by atoms with Crippen molar-refractivity contribution in [1.82, 2.24) is 0 Å². The standard InChI is InChI=1S/C18H16ClNO5S/c1-25-14-6-7-16-13(10-14)11-17(18(21)22)20(16)26(23,24)9-8-12-4-2-3-5-15(12)19/h2-10,17H,11H2,1H3,(H,21,22)/b9-8+. The van der Waals surface area contributed by atoms with E-state index >= 15 is 0 Å². The van der Waals surface area contributed by atoms with E-state index in [0.29, 0.717) is 27.6 Å². The lowest BCUT2D eigenvalue weighted by molar-refractivity contribution is -0.138. The minimum atomic E-state index is -4.03. The van der Waals surface area contributed by atoms with Gasteiger partial charge in [-0.2, -0.15) is 0 Å². The molecular weight excluding hydrogens is 378 g/mol. The predicted molar refractivity (Wildman–Crippen MR) is 100 cm³/mol. The van der Waals surface area contributed by atoms with Crippen LogP contribution in [0.1, 0.15) is 11.1 Å². The van der Waals surface area contributed by atoms with Crippen LogP contribution in [0.2, 0.25) is 5.02 Å². The van der Waals surface area contributed by atoms with E-state index in [9.17, 15) is 18.3 Å². The Kier molecular flexibility index (Phi) is 4.93. The second-order valence-corrected chi connectivity index (χ2v) is 7.82. The molecule has 0 saturated carbocycles. The molecule has 2 aromatic carbocycles. The van der Waals surface area contributed by atoms with Crippen molar-refractivity contribution < 1.29 is 23.1 Å². The Morgan fingerprint density at radius 3 is 2.69 bits per heavy atom. The number of sulfonamides is 1. The average molecular weight is 394 g/mol. The number of carboxylic acids is 1. The highest BCUT2D eigenvalue weighted by molar-refractivity contribution is 7.95. The number of nitrogens with zero attached hydrogens (tertiary/aromatic N) is 1. The summed E-state index contributed by atoms with van der Waals surface area (Å²) in [5.74, 6) is -0.673. The number of fused-ring (bicyclic) bond motifs is 1.